The Morgan fingerprint density at radius 1 is 1.00 bits per heavy atom. The third-order valence-corrected chi connectivity index (χ3v) is 3.90. The Morgan fingerprint density at radius 2 is 1.67 bits per heavy atom. The van der Waals surface area contributed by atoms with Crippen LogP contribution in [0.4, 0.5) is 0 Å². The Kier molecular flexibility index (Phi) is 3.05. The van der Waals surface area contributed by atoms with Gasteiger partial charge in [0.05, 0.1) is 16.6 Å². The maximum Gasteiger partial charge on any atom is 0.330 e. The molecule has 0 saturated heterocycles. The highest BCUT2D eigenvalue weighted by molar-refractivity contribution is 5.93. The van der Waals surface area contributed by atoms with Crippen LogP contribution in [0.5, 0.6) is 0 Å². The summed E-state index contributed by atoms with van der Waals surface area (Å²) in [4.78, 5) is 24.6. The van der Waals surface area contributed by atoms with E-state index in [9.17, 15) is 9.59 Å². The van der Waals surface area contributed by atoms with Gasteiger partial charge in [-0.3, -0.25) is 13.9 Å². The van der Waals surface area contributed by atoms with Crippen LogP contribution in [-0.2, 0) is 20.6 Å². The van der Waals surface area contributed by atoms with Crippen molar-refractivity contribution >= 4 is 10.9 Å². The fraction of sp³-hybridized carbons (Fsp3) is 0.250. The fourth-order valence-electron chi connectivity index (χ4n) is 2.74. The SMILES string of the molecule is CCn1cc2c(c1-c1ccccc1)c(=O)n(C)c(=O)n2C. The number of nitrogens with zero attached hydrogens (tertiary/aromatic N) is 3. The van der Waals surface area contributed by atoms with Crippen molar-refractivity contribution in [2.45, 2.75) is 13.5 Å². The van der Waals surface area contributed by atoms with Gasteiger partial charge in [-0.1, -0.05) is 30.3 Å². The summed E-state index contributed by atoms with van der Waals surface area (Å²) in [7, 11) is 3.21. The molecule has 0 N–H and O–H groups in total. The molecule has 0 radical (unpaired) electrons. The summed E-state index contributed by atoms with van der Waals surface area (Å²) < 4.78 is 4.70. The number of hydrogen-bond acceptors (Lipinski definition) is 2. The van der Waals surface area contributed by atoms with Crippen LogP contribution < -0.4 is 11.2 Å². The molecule has 5 heteroatoms. The molecule has 3 aromatic rings. The van der Waals surface area contributed by atoms with Gasteiger partial charge in [0.1, 0.15) is 0 Å². The summed E-state index contributed by atoms with van der Waals surface area (Å²) in [5.74, 6) is 0. The van der Waals surface area contributed by atoms with Gasteiger partial charge in [0.25, 0.3) is 5.56 Å². The van der Waals surface area contributed by atoms with E-state index in [1.54, 1.807) is 7.05 Å². The number of hydrogen-bond donors (Lipinski definition) is 0. The van der Waals surface area contributed by atoms with Crippen molar-refractivity contribution in [3.63, 3.8) is 0 Å². The maximum absolute atomic E-state index is 12.6. The lowest BCUT2D eigenvalue weighted by Crippen LogP contribution is -2.36. The molecule has 0 aliphatic carbocycles. The fourth-order valence-corrected chi connectivity index (χ4v) is 2.74. The topological polar surface area (TPSA) is 48.9 Å². The van der Waals surface area contributed by atoms with Crippen LogP contribution in [0.15, 0.2) is 46.1 Å². The molecule has 0 aliphatic heterocycles. The van der Waals surface area contributed by atoms with E-state index in [0.29, 0.717) is 10.9 Å². The van der Waals surface area contributed by atoms with Crippen molar-refractivity contribution in [1.29, 1.82) is 0 Å². The second kappa shape index (κ2) is 4.77. The van der Waals surface area contributed by atoms with E-state index in [0.717, 1.165) is 22.4 Å². The minimum absolute atomic E-state index is 0.251. The van der Waals surface area contributed by atoms with Gasteiger partial charge in [-0.2, -0.15) is 0 Å². The third kappa shape index (κ3) is 1.85. The van der Waals surface area contributed by atoms with Crippen LogP contribution in [0.3, 0.4) is 0 Å². The summed E-state index contributed by atoms with van der Waals surface area (Å²) in [6.45, 7) is 2.75. The molecule has 0 aliphatic rings. The van der Waals surface area contributed by atoms with E-state index < -0.39 is 0 Å². The van der Waals surface area contributed by atoms with Gasteiger partial charge in [0.15, 0.2) is 0 Å². The number of rotatable bonds is 2. The normalized spacial score (nSPS) is 11.2. The number of aryl methyl sites for hydroxylation is 2. The highest BCUT2D eigenvalue weighted by Crippen LogP contribution is 2.27. The first-order valence-electron chi connectivity index (χ1n) is 6.90. The molecule has 1 aromatic carbocycles. The lowest BCUT2D eigenvalue weighted by atomic mass is 10.1. The Balaban J connectivity index is 2.56. The molecular weight excluding hydrogens is 266 g/mol. The van der Waals surface area contributed by atoms with Gasteiger partial charge in [-0.25, -0.2) is 4.79 Å². The monoisotopic (exact) mass is 283 g/mol. The number of aromatic nitrogens is 3. The molecule has 0 bridgehead atoms. The van der Waals surface area contributed by atoms with Crippen LogP contribution in [0.25, 0.3) is 22.2 Å². The summed E-state index contributed by atoms with van der Waals surface area (Å²) in [6, 6.07) is 9.79. The van der Waals surface area contributed by atoms with Gasteiger partial charge in [0, 0.05) is 26.8 Å². The average Bonchev–Trinajstić information content (AvgIpc) is 2.91. The molecule has 0 atom stereocenters. The Bertz CT molecular complexity index is 930. The van der Waals surface area contributed by atoms with E-state index in [1.165, 1.54) is 11.6 Å². The molecule has 3 rings (SSSR count). The predicted octanol–water partition coefficient (Wildman–Crippen LogP) is 1.73. The van der Waals surface area contributed by atoms with E-state index in [-0.39, 0.29) is 11.2 Å². The van der Waals surface area contributed by atoms with Gasteiger partial charge in [-0.05, 0) is 12.5 Å². The first-order valence-corrected chi connectivity index (χ1v) is 6.90. The molecule has 5 nitrogen and oxygen atoms in total. The third-order valence-electron chi connectivity index (χ3n) is 3.90. The first-order chi connectivity index (χ1) is 10.1. The highest BCUT2D eigenvalue weighted by Gasteiger charge is 2.18. The van der Waals surface area contributed by atoms with Crippen LogP contribution in [0, 0.1) is 0 Å². The Morgan fingerprint density at radius 3 is 2.29 bits per heavy atom. The summed E-state index contributed by atoms with van der Waals surface area (Å²) >= 11 is 0. The van der Waals surface area contributed by atoms with Crippen LogP contribution >= 0.6 is 0 Å². The largest absolute Gasteiger partial charge is 0.345 e. The summed E-state index contributed by atoms with van der Waals surface area (Å²) in [5.41, 5.74) is 1.96. The molecular formula is C16H17N3O2. The Labute approximate surface area is 121 Å². The molecule has 0 saturated carbocycles. The van der Waals surface area contributed by atoms with Gasteiger partial charge in [-0.15, -0.1) is 0 Å². The molecule has 0 unspecified atom stereocenters. The Hall–Kier alpha value is -2.56. The maximum atomic E-state index is 12.6. The highest BCUT2D eigenvalue weighted by atomic mass is 16.2. The van der Waals surface area contributed by atoms with Crippen molar-refractivity contribution in [3.8, 4) is 11.3 Å². The summed E-state index contributed by atoms with van der Waals surface area (Å²) in [6.07, 6.45) is 1.88. The molecule has 2 aromatic heterocycles. The van der Waals surface area contributed by atoms with Gasteiger partial charge in [0.2, 0.25) is 0 Å². The predicted molar refractivity (Wildman–Crippen MR) is 83.5 cm³/mol. The molecule has 2 heterocycles. The quantitative estimate of drug-likeness (QED) is 0.719. The summed E-state index contributed by atoms with van der Waals surface area (Å²) in [5, 5.41) is 0.590. The molecule has 0 amide bonds. The minimum atomic E-state index is -0.305. The zero-order valence-electron chi connectivity index (χ0n) is 12.3. The molecule has 21 heavy (non-hydrogen) atoms. The van der Waals surface area contributed by atoms with E-state index in [1.807, 2.05) is 48.0 Å². The van der Waals surface area contributed by atoms with Crippen molar-refractivity contribution in [3.05, 3.63) is 57.4 Å². The molecule has 0 fully saturated rings. The van der Waals surface area contributed by atoms with Crippen LogP contribution in [0.1, 0.15) is 6.92 Å². The van der Waals surface area contributed by atoms with Crippen molar-refractivity contribution in [2.75, 3.05) is 0 Å². The lowest BCUT2D eigenvalue weighted by molar-refractivity contribution is 0.714. The van der Waals surface area contributed by atoms with Crippen molar-refractivity contribution in [1.82, 2.24) is 13.7 Å². The van der Waals surface area contributed by atoms with Crippen LogP contribution in [0.2, 0.25) is 0 Å². The van der Waals surface area contributed by atoms with Crippen molar-refractivity contribution < 1.29 is 0 Å². The van der Waals surface area contributed by atoms with E-state index in [2.05, 4.69) is 0 Å². The zero-order valence-corrected chi connectivity index (χ0v) is 12.3. The molecule has 0 spiro atoms. The average molecular weight is 283 g/mol. The number of fused-ring (bicyclic) bond motifs is 1. The minimum Gasteiger partial charge on any atom is -0.345 e. The second-order valence-electron chi connectivity index (χ2n) is 5.10. The standard InChI is InChI=1S/C16H17N3O2/c1-4-19-10-12-13(14(19)11-8-6-5-7-9-11)15(20)18(3)16(21)17(12)2/h5-10H,4H2,1-3H3. The first kappa shape index (κ1) is 13.4. The second-order valence-corrected chi connectivity index (χ2v) is 5.10. The van der Waals surface area contributed by atoms with Gasteiger partial charge >= 0.3 is 5.69 Å². The number of benzene rings is 1. The smallest absolute Gasteiger partial charge is 0.330 e. The van der Waals surface area contributed by atoms with E-state index >= 15 is 0 Å². The van der Waals surface area contributed by atoms with E-state index in [4.69, 9.17) is 0 Å². The van der Waals surface area contributed by atoms with Crippen LogP contribution in [-0.4, -0.2) is 13.7 Å². The zero-order chi connectivity index (χ0) is 15.1. The molecule has 108 valence electrons. The van der Waals surface area contributed by atoms with Crippen molar-refractivity contribution in [2.24, 2.45) is 14.1 Å². The lowest BCUT2D eigenvalue weighted by Gasteiger charge is -2.07. The van der Waals surface area contributed by atoms with Gasteiger partial charge < -0.3 is 4.57 Å².